The SMILES string of the molecule is CC(C)c1cn(C)nc1C1(C)CC1. The normalized spacial score (nSPS) is 19.5. The van der Waals surface area contributed by atoms with Crippen LogP contribution in [0.3, 0.4) is 0 Å². The third kappa shape index (κ3) is 1.38. The second-order valence-corrected chi connectivity index (χ2v) is 4.82. The lowest BCUT2D eigenvalue weighted by Crippen LogP contribution is -2.05. The molecule has 13 heavy (non-hydrogen) atoms. The van der Waals surface area contributed by atoms with Crippen molar-refractivity contribution in [2.45, 2.75) is 44.9 Å². The van der Waals surface area contributed by atoms with Crippen molar-refractivity contribution in [2.75, 3.05) is 0 Å². The van der Waals surface area contributed by atoms with Gasteiger partial charge in [0, 0.05) is 18.7 Å². The summed E-state index contributed by atoms with van der Waals surface area (Å²) in [4.78, 5) is 0. The first-order valence-electron chi connectivity index (χ1n) is 5.07. The van der Waals surface area contributed by atoms with Gasteiger partial charge in [-0.05, 0) is 24.3 Å². The molecule has 1 fully saturated rings. The maximum absolute atomic E-state index is 4.58. The molecule has 72 valence electrons. The van der Waals surface area contributed by atoms with Gasteiger partial charge in [0.1, 0.15) is 0 Å². The molecule has 0 aliphatic heterocycles. The fraction of sp³-hybridized carbons (Fsp3) is 0.727. The van der Waals surface area contributed by atoms with Gasteiger partial charge in [-0.25, -0.2) is 0 Å². The van der Waals surface area contributed by atoms with E-state index in [0.717, 1.165) is 0 Å². The average molecular weight is 178 g/mol. The van der Waals surface area contributed by atoms with Gasteiger partial charge in [0.15, 0.2) is 0 Å². The van der Waals surface area contributed by atoms with Crippen molar-refractivity contribution in [1.82, 2.24) is 9.78 Å². The fourth-order valence-corrected chi connectivity index (χ4v) is 1.82. The highest BCUT2D eigenvalue weighted by molar-refractivity contribution is 5.32. The summed E-state index contributed by atoms with van der Waals surface area (Å²) >= 11 is 0. The second-order valence-electron chi connectivity index (χ2n) is 4.82. The Balaban J connectivity index is 2.43. The molecule has 0 saturated heterocycles. The summed E-state index contributed by atoms with van der Waals surface area (Å²) in [6, 6.07) is 0. The van der Waals surface area contributed by atoms with Crippen LogP contribution in [-0.4, -0.2) is 9.78 Å². The molecule has 0 bridgehead atoms. The number of aryl methyl sites for hydroxylation is 1. The first-order valence-corrected chi connectivity index (χ1v) is 5.07. The molecule has 1 aromatic heterocycles. The Hall–Kier alpha value is -0.790. The van der Waals surface area contributed by atoms with Crippen LogP contribution in [0.15, 0.2) is 6.20 Å². The van der Waals surface area contributed by atoms with E-state index in [2.05, 4.69) is 32.1 Å². The predicted molar refractivity (Wildman–Crippen MR) is 53.9 cm³/mol. The molecule has 0 N–H and O–H groups in total. The van der Waals surface area contributed by atoms with Crippen molar-refractivity contribution in [1.29, 1.82) is 0 Å². The Morgan fingerprint density at radius 3 is 2.54 bits per heavy atom. The molecule has 2 heteroatoms. The van der Waals surface area contributed by atoms with Crippen LogP contribution >= 0.6 is 0 Å². The van der Waals surface area contributed by atoms with E-state index < -0.39 is 0 Å². The summed E-state index contributed by atoms with van der Waals surface area (Å²) in [5.74, 6) is 0.598. The van der Waals surface area contributed by atoms with Gasteiger partial charge in [0.05, 0.1) is 5.69 Å². The van der Waals surface area contributed by atoms with E-state index in [1.165, 1.54) is 24.1 Å². The number of hydrogen-bond donors (Lipinski definition) is 0. The largest absolute Gasteiger partial charge is 0.275 e. The molecule has 2 rings (SSSR count). The highest BCUT2D eigenvalue weighted by Crippen LogP contribution is 2.48. The van der Waals surface area contributed by atoms with Crippen LogP contribution in [0.25, 0.3) is 0 Å². The summed E-state index contributed by atoms with van der Waals surface area (Å²) < 4.78 is 1.95. The maximum Gasteiger partial charge on any atom is 0.0717 e. The minimum absolute atomic E-state index is 0.404. The molecule has 0 radical (unpaired) electrons. The number of rotatable bonds is 2. The van der Waals surface area contributed by atoms with Gasteiger partial charge in [-0.1, -0.05) is 20.8 Å². The summed E-state index contributed by atoms with van der Waals surface area (Å²) in [5.41, 5.74) is 3.17. The molecule has 0 atom stereocenters. The monoisotopic (exact) mass is 178 g/mol. The lowest BCUT2D eigenvalue weighted by atomic mass is 9.95. The molecule has 0 aromatic carbocycles. The number of hydrogen-bond acceptors (Lipinski definition) is 1. The van der Waals surface area contributed by atoms with Crippen LogP contribution in [0.4, 0.5) is 0 Å². The van der Waals surface area contributed by atoms with Gasteiger partial charge in [0.2, 0.25) is 0 Å². The van der Waals surface area contributed by atoms with Crippen LogP contribution < -0.4 is 0 Å². The van der Waals surface area contributed by atoms with Crippen molar-refractivity contribution in [3.8, 4) is 0 Å². The zero-order valence-electron chi connectivity index (χ0n) is 8.96. The molecule has 1 aromatic rings. The molecular weight excluding hydrogens is 160 g/mol. The van der Waals surface area contributed by atoms with Crippen molar-refractivity contribution >= 4 is 0 Å². The van der Waals surface area contributed by atoms with Crippen molar-refractivity contribution in [3.63, 3.8) is 0 Å². The Morgan fingerprint density at radius 2 is 2.08 bits per heavy atom. The molecular formula is C11H18N2. The van der Waals surface area contributed by atoms with E-state index in [4.69, 9.17) is 0 Å². The minimum atomic E-state index is 0.404. The standard InChI is InChI=1S/C11H18N2/c1-8(2)9-7-13(4)12-10(9)11(3)5-6-11/h7-8H,5-6H2,1-4H3. The molecule has 1 saturated carbocycles. The smallest absolute Gasteiger partial charge is 0.0717 e. The van der Waals surface area contributed by atoms with E-state index in [0.29, 0.717) is 11.3 Å². The summed E-state index contributed by atoms with van der Waals surface area (Å²) in [6.45, 7) is 6.81. The van der Waals surface area contributed by atoms with Crippen molar-refractivity contribution in [3.05, 3.63) is 17.5 Å². The van der Waals surface area contributed by atoms with Gasteiger partial charge >= 0.3 is 0 Å². The first kappa shape index (κ1) is 8.79. The molecule has 1 aliphatic carbocycles. The molecule has 0 spiro atoms. The van der Waals surface area contributed by atoms with Crippen LogP contribution in [0.2, 0.25) is 0 Å². The Morgan fingerprint density at radius 1 is 1.46 bits per heavy atom. The van der Waals surface area contributed by atoms with Crippen molar-refractivity contribution in [2.24, 2.45) is 7.05 Å². The Labute approximate surface area is 80.0 Å². The van der Waals surface area contributed by atoms with E-state index in [-0.39, 0.29) is 0 Å². The van der Waals surface area contributed by atoms with Gasteiger partial charge in [-0.2, -0.15) is 5.10 Å². The zero-order chi connectivity index (χ0) is 9.64. The van der Waals surface area contributed by atoms with Crippen LogP contribution in [0, 0.1) is 0 Å². The zero-order valence-corrected chi connectivity index (χ0v) is 8.96. The topological polar surface area (TPSA) is 17.8 Å². The summed E-state index contributed by atoms with van der Waals surface area (Å²) in [7, 11) is 2.02. The third-order valence-corrected chi connectivity index (χ3v) is 3.05. The molecule has 1 heterocycles. The highest BCUT2D eigenvalue weighted by Gasteiger charge is 2.43. The summed E-state index contributed by atoms with van der Waals surface area (Å²) in [5, 5.41) is 4.58. The Kier molecular flexibility index (Phi) is 1.76. The van der Waals surface area contributed by atoms with Crippen LogP contribution in [-0.2, 0) is 12.5 Å². The van der Waals surface area contributed by atoms with Gasteiger partial charge in [-0.15, -0.1) is 0 Å². The van der Waals surface area contributed by atoms with Gasteiger partial charge in [0.25, 0.3) is 0 Å². The number of aromatic nitrogens is 2. The van der Waals surface area contributed by atoms with E-state index in [1.807, 2.05) is 11.7 Å². The second kappa shape index (κ2) is 2.60. The first-order chi connectivity index (χ1) is 6.03. The minimum Gasteiger partial charge on any atom is -0.275 e. The quantitative estimate of drug-likeness (QED) is 0.680. The Bertz CT molecular complexity index is 319. The highest BCUT2D eigenvalue weighted by atomic mass is 15.3. The van der Waals surface area contributed by atoms with Crippen molar-refractivity contribution < 1.29 is 0 Å². The third-order valence-electron chi connectivity index (χ3n) is 3.05. The molecule has 0 amide bonds. The van der Waals surface area contributed by atoms with Gasteiger partial charge < -0.3 is 0 Å². The lowest BCUT2D eigenvalue weighted by molar-refractivity contribution is 0.674. The fourth-order valence-electron chi connectivity index (χ4n) is 1.82. The van der Waals surface area contributed by atoms with Crippen LogP contribution in [0.1, 0.15) is 50.8 Å². The van der Waals surface area contributed by atoms with E-state index in [9.17, 15) is 0 Å². The molecule has 2 nitrogen and oxygen atoms in total. The maximum atomic E-state index is 4.58. The molecule has 0 unspecified atom stereocenters. The molecule has 1 aliphatic rings. The van der Waals surface area contributed by atoms with E-state index >= 15 is 0 Å². The van der Waals surface area contributed by atoms with E-state index in [1.54, 1.807) is 0 Å². The predicted octanol–water partition coefficient (Wildman–Crippen LogP) is 2.60. The van der Waals surface area contributed by atoms with Crippen LogP contribution in [0.5, 0.6) is 0 Å². The van der Waals surface area contributed by atoms with Gasteiger partial charge in [-0.3, -0.25) is 4.68 Å². The lowest BCUT2D eigenvalue weighted by Gasteiger charge is -2.09. The summed E-state index contributed by atoms with van der Waals surface area (Å²) in [6.07, 6.45) is 4.79. The average Bonchev–Trinajstić information content (AvgIpc) is 2.62. The number of nitrogens with zero attached hydrogens (tertiary/aromatic N) is 2.